The monoisotopic (exact) mass is 210 g/mol. The molecular weight excluding hydrogens is 202 g/mol. The van der Waals surface area contributed by atoms with E-state index in [1.807, 2.05) is 0 Å². The zero-order valence-corrected chi connectivity index (χ0v) is 7.68. The van der Waals surface area contributed by atoms with Crippen molar-refractivity contribution in [1.29, 1.82) is 0 Å². The van der Waals surface area contributed by atoms with Crippen LogP contribution in [0.3, 0.4) is 0 Å². The van der Waals surface area contributed by atoms with Crippen molar-refractivity contribution in [3.8, 4) is 5.75 Å². The molecule has 1 unspecified atom stereocenters. The van der Waals surface area contributed by atoms with Crippen molar-refractivity contribution in [2.75, 3.05) is 0 Å². The molecule has 1 heterocycles. The maximum absolute atomic E-state index is 13.1. The van der Waals surface area contributed by atoms with Gasteiger partial charge in [-0.15, -0.1) is 0 Å². The topological polar surface area (TPSA) is 66.8 Å². The second-order valence-electron chi connectivity index (χ2n) is 3.33. The number of aromatic carboxylic acids is 1. The maximum Gasteiger partial charge on any atom is 0.559 e. The second-order valence-corrected chi connectivity index (χ2v) is 3.33. The van der Waals surface area contributed by atoms with Gasteiger partial charge in [0.25, 0.3) is 0 Å². The quantitative estimate of drug-likeness (QED) is 0.668. The van der Waals surface area contributed by atoms with Gasteiger partial charge in [0.15, 0.2) is 6.07 Å². The largest absolute Gasteiger partial charge is 0.559 e. The van der Waals surface area contributed by atoms with Crippen molar-refractivity contribution in [3.05, 3.63) is 29.3 Å². The molecule has 0 radical (unpaired) electrons. The van der Waals surface area contributed by atoms with Crippen molar-refractivity contribution >= 4 is 13.1 Å². The van der Waals surface area contributed by atoms with E-state index in [1.54, 1.807) is 6.07 Å². The molecule has 0 saturated carbocycles. The second kappa shape index (κ2) is 3.54. The molecule has 4 nitrogen and oxygen atoms in total. The number of hydrogen-bond acceptors (Lipinski definition) is 3. The highest BCUT2D eigenvalue weighted by molar-refractivity contribution is 6.46. The minimum Gasteiger partial charge on any atom is -0.534 e. The molecular formula is C9H8BFO4. The molecule has 2 rings (SSSR count). The number of halogens is 1. The van der Waals surface area contributed by atoms with Crippen molar-refractivity contribution in [2.24, 2.45) is 0 Å². The van der Waals surface area contributed by atoms with Crippen LogP contribution >= 0.6 is 0 Å². The van der Waals surface area contributed by atoms with Crippen LogP contribution in [0.5, 0.6) is 5.75 Å². The fourth-order valence-corrected chi connectivity index (χ4v) is 1.56. The Morgan fingerprint density at radius 2 is 2.33 bits per heavy atom. The number of alkyl halides is 1. The van der Waals surface area contributed by atoms with E-state index < -0.39 is 19.2 Å². The van der Waals surface area contributed by atoms with Gasteiger partial charge < -0.3 is 14.8 Å². The molecule has 6 heteroatoms. The Labute approximate surface area is 85.4 Å². The highest BCUT2D eigenvalue weighted by Gasteiger charge is 2.36. The van der Waals surface area contributed by atoms with Gasteiger partial charge in [0, 0.05) is 6.42 Å². The van der Waals surface area contributed by atoms with Crippen molar-refractivity contribution in [1.82, 2.24) is 0 Å². The van der Waals surface area contributed by atoms with Crippen LogP contribution in [0.2, 0.25) is 0 Å². The average molecular weight is 210 g/mol. The van der Waals surface area contributed by atoms with Gasteiger partial charge in [0.1, 0.15) is 5.75 Å². The Morgan fingerprint density at radius 3 is 3.00 bits per heavy atom. The Balaban J connectivity index is 2.48. The summed E-state index contributed by atoms with van der Waals surface area (Å²) in [6.07, 6.45) is -1.54. The molecule has 78 valence electrons. The first-order valence-corrected chi connectivity index (χ1v) is 4.43. The van der Waals surface area contributed by atoms with Crippen LogP contribution in [0.25, 0.3) is 0 Å². The van der Waals surface area contributed by atoms with Gasteiger partial charge in [-0.05, 0) is 11.6 Å². The number of fused-ring (bicyclic) bond motifs is 1. The number of benzene rings is 1. The normalized spacial score (nSPS) is 19.3. The van der Waals surface area contributed by atoms with Crippen LogP contribution in [-0.2, 0) is 6.42 Å². The van der Waals surface area contributed by atoms with Gasteiger partial charge in [0.2, 0.25) is 0 Å². The molecule has 1 aliphatic rings. The lowest BCUT2D eigenvalue weighted by Crippen LogP contribution is -2.39. The summed E-state index contributed by atoms with van der Waals surface area (Å²) in [7, 11) is -1.59. The number of carboxylic acid groups (broad SMARTS) is 1. The summed E-state index contributed by atoms with van der Waals surface area (Å²) in [4.78, 5) is 10.8. The van der Waals surface area contributed by atoms with Crippen LogP contribution < -0.4 is 4.65 Å². The van der Waals surface area contributed by atoms with E-state index in [1.165, 1.54) is 12.1 Å². The lowest BCUT2D eigenvalue weighted by molar-refractivity contribution is 0.0693. The third-order valence-electron chi connectivity index (χ3n) is 2.29. The predicted octanol–water partition coefficient (Wildman–Crippen LogP) is 0.677. The van der Waals surface area contributed by atoms with Gasteiger partial charge in [-0.25, -0.2) is 9.18 Å². The van der Waals surface area contributed by atoms with Crippen LogP contribution in [0.4, 0.5) is 4.39 Å². The molecule has 1 aliphatic heterocycles. The average Bonchev–Trinajstić information content (AvgIpc) is 2.18. The van der Waals surface area contributed by atoms with Crippen LogP contribution in [0.1, 0.15) is 15.9 Å². The van der Waals surface area contributed by atoms with Crippen LogP contribution in [0.15, 0.2) is 18.2 Å². The first kappa shape index (κ1) is 9.98. The smallest absolute Gasteiger partial charge is 0.534 e. The first-order valence-electron chi connectivity index (χ1n) is 4.43. The van der Waals surface area contributed by atoms with Gasteiger partial charge >= 0.3 is 13.1 Å². The van der Waals surface area contributed by atoms with E-state index in [9.17, 15) is 9.18 Å². The Kier molecular flexibility index (Phi) is 2.36. The van der Waals surface area contributed by atoms with E-state index in [2.05, 4.69) is 0 Å². The predicted molar refractivity (Wildman–Crippen MR) is 50.6 cm³/mol. The van der Waals surface area contributed by atoms with Gasteiger partial charge in [-0.1, -0.05) is 12.1 Å². The van der Waals surface area contributed by atoms with E-state index >= 15 is 0 Å². The number of para-hydroxylation sites is 1. The molecule has 0 aliphatic carbocycles. The lowest BCUT2D eigenvalue weighted by atomic mass is 9.76. The Hall–Kier alpha value is -1.56. The molecule has 0 aromatic heterocycles. The Bertz CT molecular complexity index is 409. The molecule has 15 heavy (non-hydrogen) atoms. The van der Waals surface area contributed by atoms with E-state index in [0.717, 1.165) is 0 Å². The number of rotatable bonds is 1. The molecule has 1 aromatic carbocycles. The SMILES string of the molecule is O=C(O)c1cccc2c1OB(O)C(F)C2. The molecule has 1 aromatic rings. The fraction of sp³-hybridized carbons (Fsp3) is 0.222. The molecule has 0 saturated heterocycles. The summed E-state index contributed by atoms with van der Waals surface area (Å²) in [5.74, 6) is -1.09. The molecule has 0 fully saturated rings. The third kappa shape index (κ3) is 1.68. The molecule has 0 bridgehead atoms. The van der Waals surface area contributed by atoms with Crippen LogP contribution in [0, 0.1) is 0 Å². The minimum atomic E-state index is -1.59. The zero-order valence-electron chi connectivity index (χ0n) is 7.68. The summed E-state index contributed by atoms with van der Waals surface area (Å²) in [6.45, 7) is 0. The molecule has 0 amide bonds. The van der Waals surface area contributed by atoms with Gasteiger partial charge in [-0.3, -0.25) is 0 Å². The zero-order chi connectivity index (χ0) is 11.0. The van der Waals surface area contributed by atoms with Gasteiger partial charge in [0.05, 0.1) is 5.56 Å². The van der Waals surface area contributed by atoms with E-state index in [0.29, 0.717) is 5.56 Å². The molecule has 2 N–H and O–H groups in total. The molecule has 0 spiro atoms. The standard InChI is InChI=1S/C9H8BFO4/c11-7-4-5-2-1-3-6(9(12)13)8(5)15-10(7)14/h1-3,7,14H,4H2,(H,12,13). The number of carbonyl (C=O) groups is 1. The van der Waals surface area contributed by atoms with Crippen molar-refractivity contribution < 1.29 is 24.0 Å². The number of hydrogen-bond donors (Lipinski definition) is 2. The summed E-state index contributed by atoms with van der Waals surface area (Å²) < 4.78 is 17.9. The van der Waals surface area contributed by atoms with Crippen LogP contribution in [-0.4, -0.2) is 29.3 Å². The minimum absolute atomic E-state index is 0.0301. The van der Waals surface area contributed by atoms with E-state index in [-0.39, 0.29) is 17.7 Å². The van der Waals surface area contributed by atoms with Crippen molar-refractivity contribution in [3.63, 3.8) is 0 Å². The highest BCUT2D eigenvalue weighted by Crippen LogP contribution is 2.30. The first-order chi connectivity index (χ1) is 7.09. The Morgan fingerprint density at radius 1 is 1.60 bits per heavy atom. The maximum atomic E-state index is 13.1. The third-order valence-corrected chi connectivity index (χ3v) is 2.29. The highest BCUT2D eigenvalue weighted by atomic mass is 19.1. The van der Waals surface area contributed by atoms with Gasteiger partial charge in [-0.2, -0.15) is 0 Å². The summed E-state index contributed by atoms with van der Waals surface area (Å²) in [5.41, 5.74) is 0.408. The fourth-order valence-electron chi connectivity index (χ4n) is 1.56. The van der Waals surface area contributed by atoms with Crippen molar-refractivity contribution in [2.45, 2.75) is 12.5 Å². The molecule has 1 atom stereocenters. The number of carboxylic acids is 1. The summed E-state index contributed by atoms with van der Waals surface area (Å²) in [6, 6.07) is 4.46. The lowest BCUT2D eigenvalue weighted by Gasteiger charge is -2.23. The van der Waals surface area contributed by atoms with E-state index in [4.69, 9.17) is 14.8 Å². The summed E-state index contributed by atoms with van der Waals surface area (Å²) in [5, 5.41) is 18.0. The summed E-state index contributed by atoms with van der Waals surface area (Å²) >= 11 is 0.